The Labute approximate surface area is 147 Å². The van der Waals surface area contributed by atoms with Crippen molar-refractivity contribution >= 4 is 5.91 Å². The molecule has 0 aliphatic carbocycles. The van der Waals surface area contributed by atoms with Crippen molar-refractivity contribution in [2.24, 2.45) is 5.92 Å². The van der Waals surface area contributed by atoms with Gasteiger partial charge in [0.1, 0.15) is 5.75 Å². The van der Waals surface area contributed by atoms with E-state index in [0.29, 0.717) is 18.4 Å². The molecule has 1 amide bonds. The van der Waals surface area contributed by atoms with E-state index in [1.165, 1.54) is 5.56 Å². The first kappa shape index (κ1) is 16.1. The Bertz CT molecular complexity index is 740. The number of fused-ring (bicyclic) bond motifs is 1. The lowest BCUT2D eigenvalue weighted by Gasteiger charge is -2.16. The molecule has 2 aliphatic rings. The van der Waals surface area contributed by atoms with Crippen LogP contribution in [0.25, 0.3) is 11.3 Å². The molecule has 25 heavy (non-hydrogen) atoms. The number of aromatic amines is 1. The fourth-order valence-corrected chi connectivity index (χ4v) is 4.03. The summed E-state index contributed by atoms with van der Waals surface area (Å²) in [5.41, 5.74) is 3.35. The summed E-state index contributed by atoms with van der Waals surface area (Å²) < 4.78 is 5.23. The van der Waals surface area contributed by atoms with Gasteiger partial charge in [0.2, 0.25) is 5.91 Å². The molecule has 2 atom stereocenters. The zero-order chi connectivity index (χ0) is 17.2. The number of amides is 1. The van der Waals surface area contributed by atoms with Crippen molar-refractivity contribution in [3.8, 4) is 17.0 Å². The Hall–Kier alpha value is -2.34. The average Bonchev–Trinajstić information content (AvgIpc) is 3.18. The standard InChI is InChI=1S/C19H24N4O2/c1-25-16-7-5-13(6-8-16)19-15(9-20-22-19)11-23-10-14-3-2-4-18(24)21-17(14)12-23/h5-9,14,17H,2-4,10-12H2,1H3,(H,20,22)(H,21,24)/t14-,17+/m1/s1. The number of likely N-dealkylation sites (tertiary alicyclic amines) is 1. The molecule has 0 unspecified atom stereocenters. The number of hydrogen-bond acceptors (Lipinski definition) is 4. The first-order valence-electron chi connectivity index (χ1n) is 8.91. The second-order valence-electron chi connectivity index (χ2n) is 7.02. The van der Waals surface area contributed by atoms with Crippen LogP contribution in [0.3, 0.4) is 0 Å². The number of carbonyl (C=O) groups is 1. The highest BCUT2D eigenvalue weighted by Crippen LogP contribution is 2.29. The maximum absolute atomic E-state index is 11.8. The minimum atomic E-state index is 0.205. The molecule has 6 heteroatoms. The van der Waals surface area contributed by atoms with E-state index in [2.05, 4.69) is 20.4 Å². The highest BCUT2D eigenvalue weighted by molar-refractivity contribution is 5.76. The van der Waals surface area contributed by atoms with Crippen LogP contribution in [0.5, 0.6) is 5.75 Å². The number of carbonyl (C=O) groups excluding carboxylic acids is 1. The lowest BCUT2D eigenvalue weighted by molar-refractivity contribution is -0.121. The van der Waals surface area contributed by atoms with Crippen molar-refractivity contribution in [2.75, 3.05) is 20.2 Å². The van der Waals surface area contributed by atoms with Gasteiger partial charge in [-0.2, -0.15) is 5.10 Å². The van der Waals surface area contributed by atoms with Gasteiger partial charge in [0.25, 0.3) is 0 Å². The molecule has 0 spiro atoms. The molecule has 132 valence electrons. The van der Waals surface area contributed by atoms with E-state index in [1.54, 1.807) is 7.11 Å². The van der Waals surface area contributed by atoms with Gasteiger partial charge in [0.05, 0.1) is 19.0 Å². The summed E-state index contributed by atoms with van der Waals surface area (Å²) in [6, 6.07) is 8.31. The third kappa shape index (κ3) is 3.39. The molecule has 0 saturated carbocycles. The van der Waals surface area contributed by atoms with Crippen LogP contribution >= 0.6 is 0 Å². The second-order valence-corrected chi connectivity index (χ2v) is 7.02. The van der Waals surface area contributed by atoms with E-state index < -0.39 is 0 Å². The number of hydrogen-bond donors (Lipinski definition) is 2. The van der Waals surface area contributed by atoms with Gasteiger partial charge in [-0.1, -0.05) is 0 Å². The number of nitrogens with zero attached hydrogens (tertiary/aromatic N) is 2. The number of H-pyrrole nitrogens is 1. The van der Waals surface area contributed by atoms with Crippen LogP contribution in [-0.2, 0) is 11.3 Å². The topological polar surface area (TPSA) is 70.2 Å². The van der Waals surface area contributed by atoms with Crippen LogP contribution in [0, 0.1) is 5.92 Å². The Morgan fingerprint density at radius 2 is 2.12 bits per heavy atom. The molecular weight excluding hydrogens is 316 g/mol. The zero-order valence-corrected chi connectivity index (χ0v) is 14.5. The van der Waals surface area contributed by atoms with Crippen LogP contribution < -0.4 is 10.1 Å². The van der Waals surface area contributed by atoms with Gasteiger partial charge in [-0.05, 0) is 43.0 Å². The summed E-state index contributed by atoms with van der Waals surface area (Å²) in [6.45, 7) is 2.81. The normalized spacial score (nSPS) is 23.8. The van der Waals surface area contributed by atoms with Crippen molar-refractivity contribution in [3.63, 3.8) is 0 Å². The quantitative estimate of drug-likeness (QED) is 0.895. The molecule has 0 bridgehead atoms. The first-order valence-corrected chi connectivity index (χ1v) is 8.91. The molecule has 2 aliphatic heterocycles. The van der Waals surface area contributed by atoms with Crippen molar-refractivity contribution < 1.29 is 9.53 Å². The lowest BCUT2D eigenvalue weighted by Crippen LogP contribution is -2.38. The number of rotatable bonds is 4. The van der Waals surface area contributed by atoms with Crippen LogP contribution in [-0.4, -0.2) is 47.2 Å². The van der Waals surface area contributed by atoms with Crippen molar-refractivity contribution in [3.05, 3.63) is 36.0 Å². The number of benzene rings is 1. The van der Waals surface area contributed by atoms with Gasteiger partial charge >= 0.3 is 0 Å². The second kappa shape index (κ2) is 6.88. The summed E-state index contributed by atoms with van der Waals surface area (Å²) in [4.78, 5) is 14.2. The maximum atomic E-state index is 11.8. The van der Waals surface area contributed by atoms with Crippen LogP contribution in [0.4, 0.5) is 0 Å². The minimum Gasteiger partial charge on any atom is -0.497 e. The van der Waals surface area contributed by atoms with E-state index in [9.17, 15) is 4.79 Å². The largest absolute Gasteiger partial charge is 0.497 e. The molecule has 0 radical (unpaired) electrons. The monoisotopic (exact) mass is 340 g/mol. The molecular formula is C19H24N4O2. The molecule has 2 aromatic rings. The maximum Gasteiger partial charge on any atom is 0.220 e. The third-order valence-electron chi connectivity index (χ3n) is 5.33. The Kier molecular flexibility index (Phi) is 4.44. The molecule has 2 saturated heterocycles. The summed E-state index contributed by atoms with van der Waals surface area (Å²) in [7, 11) is 1.67. The van der Waals surface area contributed by atoms with Crippen LogP contribution in [0.1, 0.15) is 24.8 Å². The molecule has 6 nitrogen and oxygen atoms in total. The van der Waals surface area contributed by atoms with Crippen LogP contribution in [0.2, 0.25) is 0 Å². The average molecular weight is 340 g/mol. The van der Waals surface area contributed by atoms with Crippen LogP contribution in [0.15, 0.2) is 30.5 Å². The van der Waals surface area contributed by atoms with Gasteiger partial charge in [0, 0.05) is 43.2 Å². The fourth-order valence-electron chi connectivity index (χ4n) is 4.03. The Morgan fingerprint density at radius 3 is 2.92 bits per heavy atom. The number of methoxy groups -OCH3 is 1. The summed E-state index contributed by atoms with van der Waals surface area (Å²) in [5, 5.41) is 10.6. The van der Waals surface area contributed by atoms with Gasteiger partial charge in [-0.15, -0.1) is 0 Å². The van der Waals surface area contributed by atoms with Crippen molar-refractivity contribution in [2.45, 2.75) is 31.8 Å². The molecule has 1 aromatic carbocycles. The van der Waals surface area contributed by atoms with Gasteiger partial charge in [-0.25, -0.2) is 0 Å². The highest BCUT2D eigenvalue weighted by Gasteiger charge is 2.35. The zero-order valence-electron chi connectivity index (χ0n) is 14.5. The molecule has 1 aromatic heterocycles. The number of nitrogens with one attached hydrogen (secondary N) is 2. The minimum absolute atomic E-state index is 0.205. The van der Waals surface area contributed by atoms with Gasteiger partial charge in [-0.3, -0.25) is 14.8 Å². The molecule has 2 fully saturated rings. The molecule has 3 heterocycles. The smallest absolute Gasteiger partial charge is 0.220 e. The summed E-state index contributed by atoms with van der Waals surface area (Å²) >= 11 is 0. The van der Waals surface area contributed by atoms with Gasteiger partial charge < -0.3 is 10.1 Å². The SMILES string of the molecule is COc1ccc(-c2[nH]ncc2CN2C[C@H]3CCCC(=O)N[C@H]3C2)cc1. The lowest BCUT2D eigenvalue weighted by atomic mass is 9.99. The summed E-state index contributed by atoms with van der Waals surface area (Å²) in [5.74, 6) is 1.62. The van der Waals surface area contributed by atoms with Gasteiger partial charge in [0.15, 0.2) is 0 Å². The van der Waals surface area contributed by atoms with E-state index in [-0.39, 0.29) is 5.91 Å². The number of ether oxygens (including phenoxy) is 1. The first-order chi connectivity index (χ1) is 12.2. The van der Waals surface area contributed by atoms with Crippen molar-refractivity contribution in [1.82, 2.24) is 20.4 Å². The molecule has 2 N–H and O–H groups in total. The fraction of sp³-hybridized carbons (Fsp3) is 0.474. The van der Waals surface area contributed by atoms with E-state index >= 15 is 0 Å². The van der Waals surface area contributed by atoms with E-state index in [1.807, 2.05) is 30.5 Å². The van der Waals surface area contributed by atoms with E-state index in [4.69, 9.17) is 4.74 Å². The van der Waals surface area contributed by atoms with E-state index in [0.717, 1.165) is 49.5 Å². The summed E-state index contributed by atoms with van der Waals surface area (Å²) in [6.07, 6.45) is 4.73. The highest BCUT2D eigenvalue weighted by atomic mass is 16.5. The predicted octanol–water partition coefficient (Wildman–Crippen LogP) is 2.19. The predicted molar refractivity (Wildman–Crippen MR) is 95.1 cm³/mol. The van der Waals surface area contributed by atoms with Crippen molar-refractivity contribution in [1.29, 1.82) is 0 Å². The number of aromatic nitrogens is 2. The molecule has 4 rings (SSSR count). The third-order valence-corrected chi connectivity index (χ3v) is 5.33. The Balaban J connectivity index is 1.47. The Morgan fingerprint density at radius 1 is 1.28 bits per heavy atom.